The van der Waals surface area contributed by atoms with Crippen LogP contribution in [0.4, 0.5) is 0 Å². The van der Waals surface area contributed by atoms with Gasteiger partial charge >= 0.3 is 23.9 Å². The predicted octanol–water partition coefficient (Wildman–Crippen LogP) is 4.24. The summed E-state index contributed by atoms with van der Waals surface area (Å²) in [6.45, 7) is 15.9. The molecular weight excluding hydrogens is 688 g/mol. The number of carboxylic acid groups (broad SMARTS) is 1. The van der Waals surface area contributed by atoms with Crippen molar-refractivity contribution in [2.75, 3.05) is 21.3 Å². The Morgan fingerprint density at radius 2 is 1.61 bits per heavy atom. The summed E-state index contributed by atoms with van der Waals surface area (Å²) in [6.07, 6.45) is 12.9. The largest absolute Gasteiger partial charge is 0.481 e. The average Bonchev–Trinajstić information content (AvgIpc) is 3.70. The van der Waals surface area contributed by atoms with Crippen molar-refractivity contribution in [2.45, 2.75) is 53.4 Å². The maximum Gasteiger partial charge on any atom is 0.334 e. The normalized spacial score (nSPS) is 21.0. The molecule has 4 heterocycles. The van der Waals surface area contributed by atoms with Crippen molar-refractivity contribution in [3.8, 4) is 0 Å². The number of methoxy groups -OCH3 is 3. The molecular formula is C42H46N4O8. The summed E-state index contributed by atoms with van der Waals surface area (Å²) in [4.78, 5) is 63.0. The van der Waals surface area contributed by atoms with Gasteiger partial charge in [0.2, 0.25) is 0 Å². The third-order valence-corrected chi connectivity index (χ3v) is 10.7. The molecule has 2 aromatic heterocycles. The fraction of sp³-hybridized carbons (Fsp3) is 0.310. The number of fused-ring (bicyclic) bond motifs is 8. The van der Waals surface area contributed by atoms with E-state index in [9.17, 15) is 24.3 Å². The van der Waals surface area contributed by atoms with E-state index in [0.717, 1.165) is 33.5 Å². The molecule has 12 heteroatoms. The first kappa shape index (κ1) is 39.0. The number of nitrogens with two attached hydrogens (primary N) is 1. The van der Waals surface area contributed by atoms with Crippen LogP contribution in [0, 0.1) is 25.2 Å². The molecule has 0 aromatic carbocycles. The molecule has 0 fully saturated rings. The molecule has 5 N–H and O–H groups in total. The molecule has 0 saturated carbocycles. The molecule has 282 valence electrons. The number of carbonyl (C=O) groups excluding carboxylic acids is 3. The number of hydrogen-bond donors (Lipinski definition) is 4. The highest BCUT2D eigenvalue weighted by Gasteiger charge is 2.54. The Morgan fingerprint density at radius 3 is 2.24 bits per heavy atom. The molecule has 54 heavy (non-hydrogen) atoms. The second-order valence-electron chi connectivity index (χ2n) is 13.6. The monoisotopic (exact) mass is 734 g/mol. The third kappa shape index (κ3) is 6.99. The first-order chi connectivity index (χ1) is 25.6. The zero-order valence-electron chi connectivity index (χ0n) is 31.7. The Kier molecular flexibility index (Phi) is 11.2. The van der Waals surface area contributed by atoms with Gasteiger partial charge in [0.1, 0.15) is 5.92 Å². The van der Waals surface area contributed by atoms with Crippen LogP contribution < -0.4 is 16.4 Å². The van der Waals surface area contributed by atoms with Crippen molar-refractivity contribution >= 4 is 47.8 Å². The quantitative estimate of drug-likeness (QED) is 0.216. The molecule has 5 rings (SSSR count). The minimum absolute atomic E-state index is 0.110. The number of nitrogens with zero attached hydrogens (tertiary/aromatic N) is 1. The van der Waals surface area contributed by atoms with Gasteiger partial charge in [-0.1, -0.05) is 31.4 Å². The first-order valence-corrected chi connectivity index (χ1v) is 17.4. The van der Waals surface area contributed by atoms with Crippen LogP contribution in [-0.4, -0.2) is 66.0 Å². The molecule has 3 aliphatic rings. The van der Waals surface area contributed by atoms with Gasteiger partial charge in [0.15, 0.2) is 0 Å². The number of aliphatic imine (C=N–C) groups is 1. The van der Waals surface area contributed by atoms with E-state index >= 15 is 0 Å². The van der Waals surface area contributed by atoms with Crippen molar-refractivity contribution in [3.05, 3.63) is 121 Å². The number of aliphatic carboxylic acids is 1. The number of H-pyrrole nitrogens is 2. The molecule has 0 spiro atoms. The third-order valence-electron chi connectivity index (χ3n) is 10.7. The standard InChI is InChI=1S/C42H46N4O8/c1-10-25-22(3)21(2)17-35-29-14-11-28(40(50)53-8)39(41(51)54-9)42(29,6)36(46-35)20-32-24(5)26(12-15-37(47)48)33(45-32)19-34-27(13-16-38(49)52-7)23(4)31(44-34)18-30(25)43/h10-11,14,17-20,39,44-45H,1-2,12-13,15-16,43H2,3-9H3,(H,47,48)/b25-22?,30-18?,32-20?,33-19-,35-17-. The Morgan fingerprint density at radius 1 is 0.907 bits per heavy atom. The van der Waals surface area contributed by atoms with Crippen molar-refractivity contribution in [1.82, 2.24) is 9.97 Å². The van der Waals surface area contributed by atoms with Crippen LogP contribution in [0.2, 0.25) is 0 Å². The van der Waals surface area contributed by atoms with E-state index in [2.05, 4.69) is 23.1 Å². The minimum atomic E-state index is -1.21. The number of allylic oxidation sites excluding steroid dienone is 7. The van der Waals surface area contributed by atoms with Crippen LogP contribution in [0.25, 0.3) is 18.2 Å². The number of ether oxygens (including phenoxy) is 3. The zero-order valence-corrected chi connectivity index (χ0v) is 31.7. The number of aromatic nitrogens is 2. The summed E-state index contributed by atoms with van der Waals surface area (Å²) in [7, 11) is 3.86. The lowest BCUT2D eigenvalue weighted by molar-refractivity contribution is -0.149. The highest BCUT2D eigenvalue weighted by atomic mass is 16.5. The van der Waals surface area contributed by atoms with E-state index in [1.54, 1.807) is 18.2 Å². The summed E-state index contributed by atoms with van der Waals surface area (Å²) < 4.78 is 15.3. The van der Waals surface area contributed by atoms with Crippen LogP contribution in [-0.2, 0) is 46.2 Å². The smallest absolute Gasteiger partial charge is 0.334 e. The number of esters is 3. The fourth-order valence-corrected chi connectivity index (χ4v) is 7.48. The second kappa shape index (κ2) is 15.4. The molecule has 0 radical (unpaired) electrons. The number of nitrogens with one attached hydrogen (secondary N) is 2. The molecule has 2 unspecified atom stereocenters. The summed E-state index contributed by atoms with van der Waals surface area (Å²) in [5, 5.41) is 11.0. The van der Waals surface area contributed by atoms with Gasteiger partial charge in [-0.05, 0) is 104 Å². The molecule has 12 nitrogen and oxygen atoms in total. The molecule has 2 atom stereocenters. The van der Waals surface area contributed by atoms with E-state index in [1.165, 1.54) is 21.3 Å². The number of aromatic amines is 2. The van der Waals surface area contributed by atoms with Crippen molar-refractivity contribution in [2.24, 2.45) is 22.1 Å². The molecule has 0 saturated heterocycles. The summed E-state index contributed by atoms with van der Waals surface area (Å²) in [5.74, 6) is -3.77. The molecule has 6 bridgehead atoms. The Bertz CT molecular complexity index is 2320. The Hall–Kier alpha value is -6.17. The lowest BCUT2D eigenvalue weighted by Crippen LogP contribution is -2.44. The van der Waals surface area contributed by atoms with Gasteiger partial charge in [-0.15, -0.1) is 0 Å². The molecule has 1 aliphatic carbocycles. The summed E-state index contributed by atoms with van der Waals surface area (Å²) in [6, 6.07) is 0. The summed E-state index contributed by atoms with van der Waals surface area (Å²) >= 11 is 0. The van der Waals surface area contributed by atoms with Gasteiger partial charge in [-0.25, -0.2) is 4.79 Å². The van der Waals surface area contributed by atoms with E-state index < -0.39 is 29.2 Å². The maximum absolute atomic E-state index is 13.7. The predicted molar refractivity (Wildman–Crippen MR) is 206 cm³/mol. The highest BCUT2D eigenvalue weighted by molar-refractivity contribution is 6.20. The number of rotatable bonds is 9. The van der Waals surface area contributed by atoms with Crippen LogP contribution >= 0.6 is 0 Å². The van der Waals surface area contributed by atoms with E-state index in [4.69, 9.17) is 24.9 Å². The SMILES string of the molecule is C=CC1=C(C)C(=C)/C=C2\N=C(C=c3[nH]/c(c(CCC(=O)O)c3C)=C\c3[nH]c(c(C)c3CCC(=O)OC)C=C1N)C1(C)C2=CC=C(C(=O)OC)C1C(=O)OC. The average molecular weight is 735 g/mol. The topological polar surface area (TPSA) is 186 Å². The molecule has 0 amide bonds. The Balaban J connectivity index is 1.92. The van der Waals surface area contributed by atoms with Gasteiger partial charge in [-0.3, -0.25) is 19.4 Å². The van der Waals surface area contributed by atoms with E-state index in [0.29, 0.717) is 56.6 Å². The maximum atomic E-state index is 13.7. The Labute approximate surface area is 313 Å². The van der Waals surface area contributed by atoms with Crippen molar-refractivity contribution in [3.63, 3.8) is 0 Å². The number of carboxylic acids is 1. The second-order valence-corrected chi connectivity index (χ2v) is 13.6. The zero-order chi connectivity index (χ0) is 39.6. The van der Waals surface area contributed by atoms with E-state index in [1.807, 2.05) is 52.0 Å². The van der Waals surface area contributed by atoms with E-state index in [-0.39, 0.29) is 30.8 Å². The minimum Gasteiger partial charge on any atom is -0.481 e. The summed E-state index contributed by atoms with van der Waals surface area (Å²) in [5.41, 5.74) is 14.3. The number of hydrogen-bond acceptors (Lipinski definition) is 9. The van der Waals surface area contributed by atoms with Gasteiger partial charge in [0.05, 0.1) is 43.7 Å². The van der Waals surface area contributed by atoms with Gasteiger partial charge < -0.3 is 35.0 Å². The van der Waals surface area contributed by atoms with Crippen LogP contribution in [0.3, 0.4) is 0 Å². The molecule has 2 aliphatic heterocycles. The molecule has 2 aromatic rings. The lowest BCUT2D eigenvalue weighted by atomic mass is 9.63. The van der Waals surface area contributed by atoms with Crippen LogP contribution in [0.5, 0.6) is 0 Å². The van der Waals surface area contributed by atoms with Crippen LogP contribution in [0.15, 0.2) is 81.7 Å². The van der Waals surface area contributed by atoms with Gasteiger partial charge in [-0.2, -0.15) is 0 Å². The van der Waals surface area contributed by atoms with Crippen LogP contribution in [0.1, 0.15) is 60.3 Å². The highest BCUT2D eigenvalue weighted by Crippen LogP contribution is 2.52. The van der Waals surface area contributed by atoms with Crippen molar-refractivity contribution < 1.29 is 38.5 Å². The lowest BCUT2D eigenvalue weighted by Gasteiger charge is -2.37. The fourth-order valence-electron chi connectivity index (χ4n) is 7.48. The van der Waals surface area contributed by atoms with Gasteiger partial charge in [0.25, 0.3) is 0 Å². The van der Waals surface area contributed by atoms with Crippen molar-refractivity contribution in [1.29, 1.82) is 0 Å². The first-order valence-electron chi connectivity index (χ1n) is 17.4. The van der Waals surface area contributed by atoms with Gasteiger partial charge in [0, 0.05) is 46.2 Å². The number of carbonyl (C=O) groups is 4.